The van der Waals surface area contributed by atoms with Crippen LogP contribution in [0.4, 0.5) is 5.69 Å². The molecule has 1 aromatic rings. The Morgan fingerprint density at radius 3 is 2.76 bits per heavy atom. The van der Waals surface area contributed by atoms with Crippen LogP contribution in [0.25, 0.3) is 0 Å². The van der Waals surface area contributed by atoms with Gasteiger partial charge in [-0.25, -0.2) is 0 Å². The Kier molecular flexibility index (Phi) is 3.43. The van der Waals surface area contributed by atoms with E-state index in [2.05, 4.69) is 4.98 Å². The number of amides is 1. The van der Waals surface area contributed by atoms with E-state index in [1.807, 2.05) is 12.1 Å². The van der Waals surface area contributed by atoms with Crippen molar-refractivity contribution in [2.75, 3.05) is 18.5 Å². The lowest BCUT2D eigenvalue weighted by Crippen LogP contribution is -2.45. The average Bonchev–Trinajstić information content (AvgIpc) is 2.88. The van der Waals surface area contributed by atoms with Crippen LogP contribution in [0.1, 0.15) is 25.7 Å². The van der Waals surface area contributed by atoms with E-state index in [9.17, 15) is 4.79 Å². The van der Waals surface area contributed by atoms with E-state index in [-0.39, 0.29) is 11.3 Å². The fraction of sp³-hybridized carbons (Fsp3) is 0.538. The summed E-state index contributed by atoms with van der Waals surface area (Å²) in [5, 5.41) is 0. The molecule has 0 bridgehead atoms. The molecular weight excluding hydrogens is 214 g/mol. The molecule has 0 atom stereocenters. The van der Waals surface area contributed by atoms with E-state index >= 15 is 0 Å². The average molecular weight is 233 g/mol. The van der Waals surface area contributed by atoms with E-state index < -0.39 is 0 Å². The van der Waals surface area contributed by atoms with E-state index in [0.717, 1.165) is 31.4 Å². The minimum atomic E-state index is -0.343. The first-order valence-corrected chi connectivity index (χ1v) is 6.08. The third-order valence-electron chi connectivity index (χ3n) is 3.74. The van der Waals surface area contributed by atoms with Crippen molar-refractivity contribution >= 4 is 11.6 Å². The lowest BCUT2D eigenvalue weighted by Gasteiger charge is -2.31. The zero-order valence-corrected chi connectivity index (χ0v) is 10.2. The molecule has 1 aliphatic rings. The molecule has 4 nitrogen and oxygen atoms in total. The van der Waals surface area contributed by atoms with Gasteiger partial charge in [-0.2, -0.15) is 0 Å². The number of carbonyl (C=O) groups excluding carboxylic acids is 1. The summed E-state index contributed by atoms with van der Waals surface area (Å²) in [4.78, 5) is 18.2. The molecule has 1 aromatic heterocycles. The number of rotatable bonds is 3. The van der Waals surface area contributed by atoms with Gasteiger partial charge in [0.05, 0.1) is 17.3 Å². The van der Waals surface area contributed by atoms with Gasteiger partial charge >= 0.3 is 0 Å². The fourth-order valence-electron chi connectivity index (χ4n) is 2.58. The van der Waals surface area contributed by atoms with Gasteiger partial charge in [-0.15, -0.1) is 0 Å². The van der Waals surface area contributed by atoms with Gasteiger partial charge in [0.1, 0.15) is 0 Å². The summed E-state index contributed by atoms with van der Waals surface area (Å²) in [5.41, 5.74) is 6.31. The number of aromatic nitrogens is 1. The fourth-order valence-corrected chi connectivity index (χ4v) is 2.58. The molecule has 1 fully saturated rings. The van der Waals surface area contributed by atoms with Crippen molar-refractivity contribution in [3.05, 3.63) is 24.5 Å². The van der Waals surface area contributed by atoms with Crippen molar-refractivity contribution in [1.29, 1.82) is 0 Å². The molecule has 1 heterocycles. The lowest BCUT2D eigenvalue weighted by molar-refractivity contribution is -0.127. The maximum Gasteiger partial charge on any atom is 0.234 e. The maximum atomic E-state index is 12.5. The van der Waals surface area contributed by atoms with Crippen molar-refractivity contribution in [2.24, 2.45) is 11.1 Å². The topological polar surface area (TPSA) is 59.2 Å². The Morgan fingerprint density at radius 1 is 1.53 bits per heavy atom. The highest BCUT2D eigenvalue weighted by molar-refractivity contribution is 5.97. The SMILES string of the molecule is CN(C(=O)C1(CN)CCCC1)c1cccnc1. The van der Waals surface area contributed by atoms with Gasteiger partial charge in [-0.1, -0.05) is 12.8 Å². The van der Waals surface area contributed by atoms with Crippen LogP contribution in [-0.4, -0.2) is 24.5 Å². The van der Waals surface area contributed by atoms with E-state index in [0.29, 0.717) is 6.54 Å². The highest BCUT2D eigenvalue weighted by Crippen LogP contribution is 2.39. The molecule has 0 unspecified atom stereocenters. The molecule has 17 heavy (non-hydrogen) atoms. The van der Waals surface area contributed by atoms with Crippen molar-refractivity contribution in [3.8, 4) is 0 Å². The molecule has 92 valence electrons. The van der Waals surface area contributed by atoms with Crippen LogP contribution in [0.5, 0.6) is 0 Å². The van der Waals surface area contributed by atoms with Crippen molar-refractivity contribution in [3.63, 3.8) is 0 Å². The van der Waals surface area contributed by atoms with Gasteiger partial charge in [-0.3, -0.25) is 9.78 Å². The third kappa shape index (κ3) is 2.17. The van der Waals surface area contributed by atoms with Crippen LogP contribution < -0.4 is 10.6 Å². The van der Waals surface area contributed by atoms with Crippen molar-refractivity contribution in [1.82, 2.24) is 4.98 Å². The minimum Gasteiger partial charge on any atom is -0.329 e. The molecule has 0 spiro atoms. The molecule has 0 aliphatic heterocycles. The Morgan fingerprint density at radius 2 is 2.24 bits per heavy atom. The monoisotopic (exact) mass is 233 g/mol. The second-order valence-corrected chi connectivity index (χ2v) is 4.77. The zero-order chi connectivity index (χ0) is 12.3. The standard InChI is InChI=1S/C13H19N3O/c1-16(11-5-4-8-15-9-11)12(17)13(10-14)6-2-3-7-13/h4-5,8-9H,2-3,6-7,10,14H2,1H3. The normalized spacial score (nSPS) is 18.0. The van der Waals surface area contributed by atoms with Crippen LogP contribution in [-0.2, 0) is 4.79 Å². The zero-order valence-electron chi connectivity index (χ0n) is 10.2. The summed E-state index contributed by atoms with van der Waals surface area (Å²) in [6.45, 7) is 0.441. The predicted molar refractivity (Wildman–Crippen MR) is 67.6 cm³/mol. The van der Waals surface area contributed by atoms with E-state index in [1.165, 1.54) is 0 Å². The highest BCUT2D eigenvalue weighted by atomic mass is 16.2. The van der Waals surface area contributed by atoms with Gasteiger partial charge in [-0.05, 0) is 25.0 Å². The lowest BCUT2D eigenvalue weighted by atomic mass is 9.84. The first-order valence-electron chi connectivity index (χ1n) is 6.08. The molecule has 0 radical (unpaired) electrons. The largest absolute Gasteiger partial charge is 0.329 e. The number of nitrogens with two attached hydrogens (primary N) is 1. The Balaban J connectivity index is 2.19. The van der Waals surface area contributed by atoms with Crippen LogP contribution in [0.3, 0.4) is 0 Å². The highest BCUT2D eigenvalue weighted by Gasteiger charge is 2.41. The van der Waals surface area contributed by atoms with Gasteiger partial charge < -0.3 is 10.6 Å². The summed E-state index contributed by atoms with van der Waals surface area (Å²) in [7, 11) is 1.80. The number of hydrogen-bond donors (Lipinski definition) is 1. The quantitative estimate of drug-likeness (QED) is 0.862. The van der Waals surface area contributed by atoms with Gasteiger partial charge in [0.15, 0.2) is 0 Å². The number of nitrogens with zero attached hydrogens (tertiary/aromatic N) is 2. The smallest absolute Gasteiger partial charge is 0.234 e. The minimum absolute atomic E-state index is 0.130. The number of anilines is 1. The molecule has 0 aromatic carbocycles. The summed E-state index contributed by atoms with van der Waals surface area (Å²) < 4.78 is 0. The number of pyridine rings is 1. The van der Waals surface area contributed by atoms with E-state index in [4.69, 9.17) is 5.73 Å². The molecule has 1 amide bonds. The van der Waals surface area contributed by atoms with Crippen molar-refractivity contribution < 1.29 is 4.79 Å². The van der Waals surface area contributed by atoms with Gasteiger partial charge in [0.2, 0.25) is 5.91 Å². The molecule has 0 saturated heterocycles. The Bertz CT molecular complexity index is 385. The number of hydrogen-bond acceptors (Lipinski definition) is 3. The molecule has 1 aliphatic carbocycles. The van der Waals surface area contributed by atoms with Gasteiger partial charge in [0, 0.05) is 19.8 Å². The molecule has 4 heteroatoms. The van der Waals surface area contributed by atoms with Crippen LogP contribution >= 0.6 is 0 Å². The van der Waals surface area contributed by atoms with Crippen LogP contribution in [0.15, 0.2) is 24.5 Å². The Labute approximate surface area is 102 Å². The third-order valence-corrected chi connectivity index (χ3v) is 3.74. The van der Waals surface area contributed by atoms with E-state index in [1.54, 1.807) is 24.3 Å². The van der Waals surface area contributed by atoms with Crippen molar-refractivity contribution in [2.45, 2.75) is 25.7 Å². The second kappa shape index (κ2) is 4.84. The van der Waals surface area contributed by atoms with Crippen LogP contribution in [0.2, 0.25) is 0 Å². The summed E-state index contributed by atoms with van der Waals surface area (Å²) >= 11 is 0. The Hall–Kier alpha value is -1.42. The summed E-state index contributed by atoms with van der Waals surface area (Å²) in [5.74, 6) is 0.130. The number of carbonyl (C=O) groups is 1. The first kappa shape index (κ1) is 12.0. The maximum absolute atomic E-state index is 12.5. The molecule has 2 rings (SSSR count). The van der Waals surface area contributed by atoms with Crippen LogP contribution in [0, 0.1) is 5.41 Å². The second-order valence-electron chi connectivity index (χ2n) is 4.77. The molecule has 1 saturated carbocycles. The predicted octanol–water partition coefficient (Wildman–Crippen LogP) is 1.56. The summed E-state index contributed by atoms with van der Waals surface area (Å²) in [6, 6.07) is 3.73. The first-order chi connectivity index (χ1) is 8.19. The molecular formula is C13H19N3O. The van der Waals surface area contributed by atoms with Gasteiger partial charge in [0.25, 0.3) is 0 Å². The summed E-state index contributed by atoms with van der Waals surface area (Å²) in [6.07, 6.45) is 7.43. The molecule has 2 N–H and O–H groups in total.